The van der Waals surface area contributed by atoms with Gasteiger partial charge in [-0.15, -0.1) is 0 Å². The van der Waals surface area contributed by atoms with Gasteiger partial charge in [-0.3, -0.25) is 4.98 Å². The molecule has 0 bridgehead atoms. The first-order chi connectivity index (χ1) is 8.28. The summed E-state index contributed by atoms with van der Waals surface area (Å²) in [6.45, 7) is 9.89. The van der Waals surface area contributed by atoms with Crippen LogP contribution in [0.3, 0.4) is 0 Å². The zero-order chi connectivity index (χ0) is 13.6. The van der Waals surface area contributed by atoms with E-state index in [-0.39, 0.29) is 0 Å². The molecule has 4 nitrogen and oxygen atoms in total. The summed E-state index contributed by atoms with van der Waals surface area (Å²) >= 11 is 0. The van der Waals surface area contributed by atoms with Crippen molar-refractivity contribution in [3.05, 3.63) is 23.5 Å². The highest BCUT2D eigenvalue weighted by molar-refractivity contribution is 6.63. The minimum atomic E-state index is -0.507. The van der Waals surface area contributed by atoms with Crippen LogP contribution < -0.4 is 5.46 Å². The molecule has 0 aliphatic carbocycles. The van der Waals surface area contributed by atoms with Crippen molar-refractivity contribution in [2.45, 2.75) is 45.8 Å². The topological polar surface area (TPSA) is 55.1 Å². The smallest absolute Gasteiger partial charge is 0.399 e. The van der Waals surface area contributed by atoms with Crippen molar-refractivity contribution in [3.8, 4) is 6.07 Å². The lowest BCUT2D eigenvalue weighted by atomic mass is 9.74. The van der Waals surface area contributed by atoms with Gasteiger partial charge in [-0.2, -0.15) is 5.26 Å². The third-order valence-electron chi connectivity index (χ3n) is 3.80. The summed E-state index contributed by atoms with van der Waals surface area (Å²) in [6, 6.07) is 2.15. The predicted molar refractivity (Wildman–Crippen MR) is 69.4 cm³/mol. The van der Waals surface area contributed by atoms with E-state index in [0.717, 1.165) is 11.0 Å². The van der Waals surface area contributed by atoms with E-state index in [4.69, 9.17) is 14.6 Å². The van der Waals surface area contributed by atoms with Gasteiger partial charge in [-0.05, 0) is 40.2 Å². The second kappa shape index (κ2) is 4.08. The van der Waals surface area contributed by atoms with E-state index < -0.39 is 18.3 Å². The number of hydrogen-bond acceptors (Lipinski definition) is 4. The van der Waals surface area contributed by atoms with Crippen LogP contribution in [0.4, 0.5) is 0 Å². The van der Waals surface area contributed by atoms with Gasteiger partial charge in [0, 0.05) is 17.9 Å². The van der Waals surface area contributed by atoms with Crippen LogP contribution in [0.2, 0.25) is 0 Å². The minimum Gasteiger partial charge on any atom is -0.399 e. The zero-order valence-corrected chi connectivity index (χ0v) is 11.4. The van der Waals surface area contributed by atoms with E-state index in [1.165, 1.54) is 0 Å². The van der Waals surface area contributed by atoms with Crippen LogP contribution in [0.1, 0.15) is 38.8 Å². The Morgan fingerprint density at radius 3 is 2.22 bits per heavy atom. The van der Waals surface area contributed by atoms with Crippen LogP contribution >= 0.6 is 0 Å². The first-order valence-electron chi connectivity index (χ1n) is 5.99. The van der Waals surface area contributed by atoms with Gasteiger partial charge in [0.05, 0.1) is 16.8 Å². The van der Waals surface area contributed by atoms with Gasteiger partial charge in [0.15, 0.2) is 0 Å². The molecular weight excluding hydrogens is 227 g/mol. The van der Waals surface area contributed by atoms with Crippen molar-refractivity contribution in [3.63, 3.8) is 0 Å². The van der Waals surface area contributed by atoms with Gasteiger partial charge in [0.1, 0.15) is 6.07 Å². The molecule has 0 spiro atoms. The van der Waals surface area contributed by atoms with E-state index in [2.05, 4.69) is 11.1 Å². The molecule has 2 rings (SSSR count). The maximum atomic E-state index is 9.16. The number of nitrogens with zero attached hydrogens (tertiary/aromatic N) is 2. The zero-order valence-electron chi connectivity index (χ0n) is 11.4. The van der Waals surface area contributed by atoms with Crippen molar-refractivity contribution in [1.82, 2.24) is 4.98 Å². The maximum Gasteiger partial charge on any atom is 0.496 e. The van der Waals surface area contributed by atoms with E-state index in [1.54, 1.807) is 12.4 Å². The number of pyridine rings is 1. The van der Waals surface area contributed by atoms with Crippen LogP contribution in [0.25, 0.3) is 0 Å². The molecule has 0 aromatic carbocycles. The number of aromatic nitrogens is 1. The Kier molecular flexibility index (Phi) is 2.96. The van der Waals surface area contributed by atoms with Gasteiger partial charge in [-0.1, -0.05) is 0 Å². The highest BCUT2D eigenvalue weighted by Crippen LogP contribution is 2.36. The first kappa shape index (κ1) is 13.1. The van der Waals surface area contributed by atoms with Crippen molar-refractivity contribution in [2.75, 3.05) is 0 Å². The van der Waals surface area contributed by atoms with E-state index in [1.807, 2.05) is 34.6 Å². The molecule has 94 valence electrons. The highest BCUT2D eigenvalue weighted by Gasteiger charge is 2.52. The molecule has 0 radical (unpaired) electrons. The number of hydrogen-bond donors (Lipinski definition) is 0. The van der Waals surface area contributed by atoms with Crippen LogP contribution in [-0.4, -0.2) is 23.3 Å². The highest BCUT2D eigenvalue weighted by atomic mass is 16.7. The van der Waals surface area contributed by atoms with Gasteiger partial charge in [0.25, 0.3) is 0 Å². The minimum absolute atomic E-state index is 0.403. The fourth-order valence-electron chi connectivity index (χ4n) is 1.94. The summed E-state index contributed by atoms with van der Waals surface area (Å²) in [5, 5.41) is 9.16. The number of aryl methyl sites for hydroxylation is 1. The molecule has 1 aliphatic heterocycles. The molecule has 0 N–H and O–H groups in total. The molecular formula is C13H17BN2O2. The Morgan fingerprint density at radius 1 is 1.17 bits per heavy atom. The standard InChI is InChI=1S/C13H17BN2O2/c1-9-7-16-8-10(6-15)11(9)14-17-12(2,3)13(4,5)18-14/h7-8H,1-5H3. The fourth-order valence-corrected chi connectivity index (χ4v) is 1.94. The normalized spacial score (nSPS) is 20.8. The molecule has 5 heteroatoms. The maximum absolute atomic E-state index is 9.16. The fraction of sp³-hybridized carbons (Fsp3) is 0.538. The lowest BCUT2D eigenvalue weighted by molar-refractivity contribution is 0.00578. The van der Waals surface area contributed by atoms with Gasteiger partial charge < -0.3 is 9.31 Å². The molecule has 2 heterocycles. The van der Waals surface area contributed by atoms with E-state index in [9.17, 15) is 0 Å². The molecule has 1 aromatic heterocycles. The van der Waals surface area contributed by atoms with Crippen LogP contribution in [0, 0.1) is 18.3 Å². The quantitative estimate of drug-likeness (QED) is 0.703. The molecule has 0 amide bonds. The third kappa shape index (κ3) is 1.92. The Balaban J connectivity index is 2.45. The Bertz CT molecular complexity index is 504. The van der Waals surface area contributed by atoms with Gasteiger partial charge in [-0.25, -0.2) is 0 Å². The second-order valence-electron chi connectivity index (χ2n) is 5.62. The van der Waals surface area contributed by atoms with Crippen molar-refractivity contribution in [1.29, 1.82) is 5.26 Å². The number of rotatable bonds is 1. The second-order valence-corrected chi connectivity index (χ2v) is 5.62. The van der Waals surface area contributed by atoms with Crippen LogP contribution in [0.5, 0.6) is 0 Å². The van der Waals surface area contributed by atoms with Crippen molar-refractivity contribution >= 4 is 12.6 Å². The van der Waals surface area contributed by atoms with Crippen molar-refractivity contribution in [2.24, 2.45) is 0 Å². The average Bonchev–Trinajstić information content (AvgIpc) is 2.47. The summed E-state index contributed by atoms with van der Waals surface area (Å²) < 4.78 is 11.9. The summed E-state index contributed by atoms with van der Waals surface area (Å²) in [5.74, 6) is 0. The van der Waals surface area contributed by atoms with E-state index in [0.29, 0.717) is 5.56 Å². The molecule has 1 fully saturated rings. The number of nitriles is 1. The monoisotopic (exact) mass is 244 g/mol. The Hall–Kier alpha value is -1.38. The molecule has 1 aliphatic rings. The third-order valence-corrected chi connectivity index (χ3v) is 3.80. The first-order valence-corrected chi connectivity index (χ1v) is 5.99. The Labute approximate surface area is 108 Å². The molecule has 0 atom stereocenters. The predicted octanol–water partition coefficient (Wildman–Crippen LogP) is 1.56. The van der Waals surface area contributed by atoms with Crippen LogP contribution in [-0.2, 0) is 9.31 Å². The van der Waals surface area contributed by atoms with Crippen molar-refractivity contribution < 1.29 is 9.31 Å². The molecule has 1 saturated heterocycles. The summed E-state index contributed by atoms with van der Waals surface area (Å²) in [5.41, 5.74) is 1.40. The SMILES string of the molecule is Cc1cncc(C#N)c1B1OC(C)(C)C(C)(C)O1. The van der Waals surface area contributed by atoms with Crippen LogP contribution in [0.15, 0.2) is 12.4 Å². The van der Waals surface area contributed by atoms with E-state index >= 15 is 0 Å². The van der Waals surface area contributed by atoms with Gasteiger partial charge >= 0.3 is 7.12 Å². The lowest BCUT2D eigenvalue weighted by Crippen LogP contribution is -2.41. The Morgan fingerprint density at radius 2 is 1.72 bits per heavy atom. The molecule has 1 aromatic rings. The largest absolute Gasteiger partial charge is 0.496 e. The molecule has 0 saturated carbocycles. The summed E-state index contributed by atoms with van der Waals surface area (Å²) in [7, 11) is -0.507. The van der Waals surface area contributed by atoms with Gasteiger partial charge in [0.2, 0.25) is 0 Å². The summed E-state index contributed by atoms with van der Waals surface area (Å²) in [6.07, 6.45) is 3.27. The molecule has 0 unspecified atom stereocenters. The lowest BCUT2D eigenvalue weighted by Gasteiger charge is -2.32. The molecule has 18 heavy (non-hydrogen) atoms. The summed E-state index contributed by atoms with van der Waals surface area (Å²) in [4.78, 5) is 4.03. The average molecular weight is 244 g/mol.